The summed E-state index contributed by atoms with van der Waals surface area (Å²) in [5.41, 5.74) is 2.79. The van der Waals surface area contributed by atoms with Gasteiger partial charge in [-0.2, -0.15) is 10.1 Å². The van der Waals surface area contributed by atoms with Gasteiger partial charge in [0, 0.05) is 12.7 Å². The molecule has 0 saturated carbocycles. The van der Waals surface area contributed by atoms with Crippen molar-refractivity contribution in [2.24, 2.45) is 0 Å². The summed E-state index contributed by atoms with van der Waals surface area (Å²) in [6.45, 7) is 1.87. The molecule has 1 saturated heterocycles. The minimum Gasteiger partial charge on any atom is -0.339 e. The minimum absolute atomic E-state index is 0.235. The Bertz CT molecular complexity index is 1160. The summed E-state index contributed by atoms with van der Waals surface area (Å²) in [4.78, 5) is 25.8. The van der Waals surface area contributed by atoms with Crippen LogP contribution in [-0.4, -0.2) is 49.3 Å². The van der Waals surface area contributed by atoms with Crippen molar-refractivity contribution in [3.8, 4) is 22.9 Å². The van der Waals surface area contributed by atoms with Crippen LogP contribution < -0.4 is 10.6 Å². The van der Waals surface area contributed by atoms with Crippen molar-refractivity contribution in [3.05, 3.63) is 60.4 Å². The van der Waals surface area contributed by atoms with Crippen molar-refractivity contribution in [1.29, 1.82) is 0 Å². The zero-order valence-electron chi connectivity index (χ0n) is 16.6. The SMILES string of the molecule is O=C(Nc1ccc(-c2noc(C3CCCNC3)n2)nc1)c1cccc(-c2ccn[nH]2)n1. The average Bonchev–Trinajstić information content (AvgIpc) is 3.53. The van der Waals surface area contributed by atoms with E-state index in [-0.39, 0.29) is 11.8 Å². The summed E-state index contributed by atoms with van der Waals surface area (Å²) < 4.78 is 5.43. The fraction of sp³-hybridized carbons (Fsp3) is 0.238. The molecule has 0 aliphatic carbocycles. The molecule has 1 fully saturated rings. The van der Waals surface area contributed by atoms with Gasteiger partial charge in [-0.05, 0) is 49.7 Å². The molecule has 5 rings (SSSR count). The van der Waals surface area contributed by atoms with E-state index in [1.807, 2.05) is 6.07 Å². The van der Waals surface area contributed by atoms with Gasteiger partial charge in [-0.15, -0.1) is 0 Å². The maximum absolute atomic E-state index is 12.6. The van der Waals surface area contributed by atoms with Crippen molar-refractivity contribution in [1.82, 2.24) is 35.6 Å². The normalized spacial score (nSPS) is 16.2. The summed E-state index contributed by atoms with van der Waals surface area (Å²) in [6, 6.07) is 10.5. The lowest BCUT2D eigenvalue weighted by molar-refractivity contribution is 0.102. The van der Waals surface area contributed by atoms with Crippen molar-refractivity contribution in [3.63, 3.8) is 0 Å². The Labute approximate surface area is 177 Å². The second-order valence-electron chi connectivity index (χ2n) is 7.26. The molecule has 10 nitrogen and oxygen atoms in total. The Kier molecular flexibility index (Phi) is 5.19. The van der Waals surface area contributed by atoms with E-state index in [2.05, 4.69) is 40.9 Å². The van der Waals surface area contributed by atoms with Crippen LogP contribution in [0.25, 0.3) is 22.9 Å². The Balaban J connectivity index is 1.27. The lowest BCUT2D eigenvalue weighted by Crippen LogP contribution is -2.28. The second-order valence-corrected chi connectivity index (χ2v) is 7.26. The third-order valence-electron chi connectivity index (χ3n) is 5.10. The van der Waals surface area contributed by atoms with Gasteiger partial charge in [-0.1, -0.05) is 11.2 Å². The van der Waals surface area contributed by atoms with Gasteiger partial charge < -0.3 is 15.2 Å². The number of hydrogen-bond donors (Lipinski definition) is 3. The zero-order valence-corrected chi connectivity index (χ0v) is 16.6. The number of amides is 1. The molecular formula is C21H20N8O2. The number of hydrogen-bond acceptors (Lipinski definition) is 8. The summed E-state index contributed by atoms with van der Waals surface area (Å²) in [5.74, 6) is 0.970. The first-order valence-corrected chi connectivity index (χ1v) is 10.1. The quantitative estimate of drug-likeness (QED) is 0.452. The van der Waals surface area contributed by atoms with E-state index in [4.69, 9.17) is 4.52 Å². The van der Waals surface area contributed by atoms with E-state index in [0.29, 0.717) is 34.5 Å². The van der Waals surface area contributed by atoms with Gasteiger partial charge in [-0.25, -0.2) is 4.98 Å². The van der Waals surface area contributed by atoms with Crippen LogP contribution in [0, 0.1) is 0 Å². The van der Waals surface area contributed by atoms with E-state index in [9.17, 15) is 4.79 Å². The monoisotopic (exact) mass is 416 g/mol. The fourth-order valence-electron chi connectivity index (χ4n) is 3.47. The predicted octanol–water partition coefficient (Wildman–Crippen LogP) is 2.64. The van der Waals surface area contributed by atoms with Crippen LogP contribution in [0.2, 0.25) is 0 Å². The molecular weight excluding hydrogens is 396 g/mol. The molecule has 4 aromatic rings. The Morgan fingerprint density at radius 2 is 2.10 bits per heavy atom. The number of anilines is 1. The van der Waals surface area contributed by atoms with Crippen LogP contribution in [0.1, 0.15) is 35.1 Å². The highest BCUT2D eigenvalue weighted by atomic mass is 16.5. The smallest absolute Gasteiger partial charge is 0.274 e. The predicted molar refractivity (Wildman–Crippen MR) is 112 cm³/mol. The van der Waals surface area contributed by atoms with Crippen LogP contribution in [0.5, 0.6) is 0 Å². The van der Waals surface area contributed by atoms with Crippen LogP contribution in [0.3, 0.4) is 0 Å². The Morgan fingerprint density at radius 3 is 2.87 bits per heavy atom. The van der Waals surface area contributed by atoms with Gasteiger partial charge in [0.25, 0.3) is 5.91 Å². The molecule has 10 heteroatoms. The molecule has 1 aliphatic heterocycles. The van der Waals surface area contributed by atoms with Crippen LogP contribution in [-0.2, 0) is 0 Å². The van der Waals surface area contributed by atoms with Gasteiger partial charge in [0.2, 0.25) is 11.7 Å². The van der Waals surface area contributed by atoms with Gasteiger partial charge in [-0.3, -0.25) is 14.9 Å². The van der Waals surface area contributed by atoms with Gasteiger partial charge >= 0.3 is 0 Å². The molecule has 156 valence electrons. The molecule has 1 atom stereocenters. The molecule has 1 amide bonds. The molecule has 0 bridgehead atoms. The molecule has 3 N–H and O–H groups in total. The summed E-state index contributed by atoms with van der Waals surface area (Å²) in [5, 5.41) is 16.9. The third kappa shape index (κ3) is 4.19. The first kappa shape index (κ1) is 19.1. The topological polar surface area (TPSA) is 135 Å². The third-order valence-corrected chi connectivity index (χ3v) is 5.10. The molecule has 0 aromatic carbocycles. The number of piperidine rings is 1. The van der Waals surface area contributed by atoms with E-state index in [1.54, 1.807) is 42.7 Å². The van der Waals surface area contributed by atoms with Crippen molar-refractivity contribution in [2.75, 3.05) is 18.4 Å². The number of rotatable bonds is 5. The Morgan fingerprint density at radius 1 is 1.13 bits per heavy atom. The summed E-state index contributed by atoms with van der Waals surface area (Å²) >= 11 is 0. The number of H-pyrrole nitrogens is 1. The molecule has 1 aliphatic rings. The fourth-order valence-corrected chi connectivity index (χ4v) is 3.47. The van der Waals surface area contributed by atoms with E-state index in [1.165, 1.54) is 0 Å². The van der Waals surface area contributed by atoms with E-state index < -0.39 is 0 Å². The number of pyridine rings is 2. The van der Waals surface area contributed by atoms with Gasteiger partial charge in [0.15, 0.2) is 0 Å². The lowest BCUT2D eigenvalue weighted by atomic mass is 10.00. The van der Waals surface area contributed by atoms with E-state index >= 15 is 0 Å². The lowest BCUT2D eigenvalue weighted by Gasteiger charge is -2.18. The van der Waals surface area contributed by atoms with Crippen LogP contribution in [0.15, 0.2) is 53.3 Å². The number of aromatic nitrogens is 6. The number of carbonyl (C=O) groups excluding carboxylic acids is 1. The molecule has 0 radical (unpaired) electrons. The van der Waals surface area contributed by atoms with Gasteiger partial charge in [0.1, 0.15) is 11.4 Å². The van der Waals surface area contributed by atoms with Gasteiger partial charge in [0.05, 0.1) is 29.2 Å². The number of carbonyl (C=O) groups is 1. The second kappa shape index (κ2) is 8.44. The van der Waals surface area contributed by atoms with E-state index in [0.717, 1.165) is 31.6 Å². The maximum Gasteiger partial charge on any atom is 0.274 e. The van der Waals surface area contributed by atoms with Crippen LogP contribution >= 0.6 is 0 Å². The Hall–Kier alpha value is -3.92. The highest BCUT2D eigenvalue weighted by Gasteiger charge is 2.22. The van der Waals surface area contributed by atoms with Crippen LogP contribution in [0.4, 0.5) is 5.69 Å². The average molecular weight is 416 g/mol. The largest absolute Gasteiger partial charge is 0.339 e. The summed E-state index contributed by atoms with van der Waals surface area (Å²) in [6.07, 6.45) is 5.32. The number of nitrogens with one attached hydrogen (secondary N) is 3. The summed E-state index contributed by atoms with van der Waals surface area (Å²) in [7, 11) is 0. The highest BCUT2D eigenvalue weighted by molar-refractivity contribution is 6.03. The van der Waals surface area contributed by atoms with Crippen molar-refractivity contribution < 1.29 is 9.32 Å². The first-order chi connectivity index (χ1) is 15.3. The zero-order chi connectivity index (χ0) is 21.0. The number of aromatic amines is 1. The maximum atomic E-state index is 12.6. The van der Waals surface area contributed by atoms with Crippen molar-refractivity contribution >= 4 is 11.6 Å². The standard InChI is InChI=1S/C21H20N8O2/c30-20(18-5-1-4-15(26-18)16-8-10-24-28-16)25-14-6-7-17(23-12-14)19-27-21(31-29-19)13-3-2-9-22-11-13/h1,4-8,10,12-13,22H,2-3,9,11H2,(H,24,28)(H,25,30). The molecule has 5 heterocycles. The molecule has 0 spiro atoms. The first-order valence-electron chi connectivity index (χ1n) is 10.1. The minimum atomic E-state index is -0.331. The van der Waals surface area contributed by atoms with Crippen molar-refractivity contribution in [2.45, 2.75) is 18.8 Å². The molecule has 1 unspecified atom stereocenters. The number of nitrogens with zero attached hydrogens (tertiary/aromatic N) is 5. The highest BCUT2D eigenvalue weighted by Crippen LogP contribution is 2.24. The molecule has 31 heavy (non-hydrogen) atoms. The molecule has 4 aromatic heterocycles.